The molecule has 3 aromatic carbocycles. The molecule has 176 valence electrons. The minimum atomic E-state index is -0.0916. The van der Waals surface area contributed by atoms with Crippen molar-refractivity contribution in [1.29, 1.82) is 0 Å². The molecule has 1 unspecified atom stereocenters. The lowest BCUT2D eigenvalue weighted by Gasteiger charge is -2.31. The van der Waals surface area contributed by atoms with Crippen LogP contribution in [0, 0.1) is 0 Å². The molecule has 1 fully saturated rings. The van der Waals surface area contributed by atoms with Crippen LogP contribution in [0.3, 0.4) is 0 Å². The summed E-state index contributed by atoms with van der Waals surface area (Å²) in [7, 11) is 0. The van der Waals surface area contributed by atoms with Crippen molar-refractivity contribution in [1.82, 2.24) is 9.55 Å². The molecule has 6 nitrogen and oxygen atoms in total. The number of thioether (sulfide) groups is 1. The largest absolute Gasteiger partial charge is 0.376 e. The van der Waals surface area contributed by atoms with Crippen molar-refractivity contribution in [2.45, 2.75) is 40.4 Å². The smallest absolute Gasteiger partial charge is 0.262 e. The predicted molar refractivity (Wildman–Crippen MR) is 140 cm³/mol. The lowest BCUT2D eigenvalue weighted by molar-refractivity contribution is -0.115. The summed E-state index contributed by atoms with van der Waals surface area (Å²) in [5.41, 5.74) is 2.31. The highest BCUT2D eigenvalue weighted by atomic mass is 32.2. The lowest BCUT2D eigenvalue weighted by Crippen LogP contribution is -2.31. The minimum Gasteiger partial charge on any atom is -0.376 e. The Morgan fingerprint density at radius 1 is 1.00 bits per heavy atom. The standard InChI is InChI=1S/C27H23N3O3S2/c31-25(30-21-11-3-5-13-23(21)35-24-14-6-4-12-22(24)30)17-34-27-28-20-10-2-1-9-19(20)26(32)29(27)16-18-8-7-15-33-18/h1-6,9-14,18H,7-8,15-17H2. The average Bonchev–Trinajstić information content (AvgIpc) is 3.41. The zero-order chi connectivity index (χ0) is 23.8. The fourth-order valence-corrected chi connectivity index (χ4v) is 6.49. The first-order chi connectivity index (χ1) is 17.2. The number of hydrogen-bond donors (Lipinski definition) is 0. The van der Waals surface area contributed by atoms with E-state index in [-0.39, 0.29) is 23.3 Å². The second kappa shape index (κ2) is 9.53. The zero-order valence-electron chi connectivity index (χ0n) is 18.9. The number of fused-ring (bicyclic) bond motifs is 3. The molecule has 4 aromatic rings. The molecule has 0 radical (unpaired) electrons. The second-order valence-electron chi connectivity index (χ2n) is 8.52. The Kier molecular flexibility index (Phi) is 6.10. The van der Waals surface area contributed by atoms with Gasteiger partial charge < -0.3 is 4.74 Å². The normalized spacial score (nSPS) is 16.8. The van der Waals surface area contributed by atoms with Gasteiger partial charge in [-0.05, 0) is 49.2 Å². The summed E-state index contributed by atoms with van der Waals surface area (Å²) >= 11 is 2.98. The van der Waals surface area contributed by atoms with Gasteiger partial charge in [0, 0.05) is 16.4 Å². The Bertz CT molecular complexity index is 1430. The predicted octanol–water partition coefficient (Wildman–Crippen LogP) is 5.50. The van der Waals surface area contributed by atoms with Gasteiger partial charge in [-0.25, -0.2) is 4.98 Å². The second-order valence-corrected chi connectivity index (χ2v) is 10.5. The van der Waals surface area contributed by atoms with E-state index in [1.807, 2.05) is 66.7 Å². The molecular weight excluding hydrogens is 478 g/mol. The Morgan fingerprint density at radius 2 is 1.69 bits per heavy atom. The number of carbonyl (C=O) groups excluding carboxylic acids is 1. The number of benzene rings is 3. The Morgan fingerprint density at radius 3 is 2.40 bits per heavy atom. The van der Waals surface area contributed by atoms with E-state index in [0.717, 1.165) is 34.0 Å². The van der Waals surface area contributed by atoms with Crippen LogP contribution in [-0.4, -0.2) is 33.9 Å². The number of amides is 1. The van der Waals surface area contributed by atoms with E-state index in [1.165, 1.54) is 11.8 Å². The van der Waals surface area contributed by atoms with Gasteiger partial charge in [0.1, 0.15) is 0 Å². The fourth-order valence-electron chi connectivity index (χ4n) is 4.57. The van der Waals surface area contributed by atoms with Crippen LogP contribution < -0.4 is 10.5 Å². The van der Waals surface area contributed by atoms with Crippen molar-refractivity contribution in [3.05, 3.63) is 83.2 Å². The molecule has 1 aromatic heterocycles. The molecule has 1 atom stereocenters. The van der Waals surface area contributed by atoms with Crippen molar-refractivity contribution < 1.29 is 9.53 Å². The van der Waals surface area contributed by atoms with Crippen LogP contribution in [0.2, 0.25) is 0 Å². The van der Waals surface area contributed by atoms with Crippen LogP contribution in [0.4, 0.5) is 11.4 Å². The van der Waals surface area contributed by atoms with Crippen LogP contribution >= 0.6 is 23.5 Å². The molecule has 0 N–H and O–H groups in total. The van der Waals surface area contributed by atoms with E-state index < -0.39 is 0 Å². The first kappa shape index (κ1) is 22.4. The number of nitrogens with zero attached hydrogens (tertiary/aromatic N) is 3. The number of para-hydroxylation sites is 3. The summed E-state index contributed by atoms with van der Waals surface area (Å²) in [4.78, 5) is 35.7. The van der Waals surface area contributed by atoms with Crippen LogP contribution in [0.15, 0.2) is 92.5 Å². The fraction of sp³-hybridized carbons (Fsp3) is 0.222. The summed E-state index contributed by atoms with van der Waals surface area (Å²) in [6, 6.07) is 23.3. The van der Waals surface area contributed by atoms with E-state index in [4.69, 9.17) is 9.72 Å². The van der Waals surface area contributed by atoms with E-state index in [1.54, 1.807) is 27.3 Å². The third-order valence-electron chi connectivity index (χ3n) is 6.24. The topological polar surface area (TPSA) is 64.4 Å². The number of carbonyl (C=O) groups is 1. The quantitative estimate of drug-likeness (QED) is 0.266. The maximum absolute atomic E-state index is 13.7. The van der Waals surface area contributed by atoms with Crippen LogP contribution in [0.5, 0.6) is 0 Å². The van der Waals surface area contributed by atoms with Crippen LogP contribution in [0.1, 0.15) is 12.8 Å². The number of aromatic nitrogens is 2. The first-order valence-corrected chi connectivity index (χ1v) is 13.4. The molecule has 2 aliphatic heterocycles. The van der Waals surface area contributed by atoms with Gasteiger partial charge in [-0.3, -0.25) is 19.1 Å². The Balaban J connectivity index is 1.34. The van der Waals surface area contributed by atoms with Gasteiger partial charge in [0.2, 0.25) is 5.91 Å². The van der Waals surface area contributed by atoms with Crippen LogP contribution in [-0.2, 0) is 16.1 Å². The van der Waals surface area contributed by atoms with E-state index in [0.29, 0.717) is 29.2 Å². The van der Waals surface area contributed by atoms with E-state index in [9.17, 15) is 9.59 Å². The van der Waals surface area contributed by atoms with Gasteiger partial charge in [-0.2, -0.15) is 0 Å². The van der Waals surface area contributed by atoms with Crippen molar-refractivity contribution in [3.8, 4) is 0 Å². The van der Waals surface area contributed by atoms with Gasteiger partial charge in [0.15, 0.2) is 5.16 Å². The summed E-state index contributed by atoms with van der Waals surface area (Å²) in [6.07, 6.45) is 1.90. The monoisotopic (exact) mass is 501 g/mol. The van der Waals surface area contributed by atoms with Crippen molar-refractivity contribution in [2.24, 2.45) is 0 Å². The Hall–Kier alpha value is -3.07. The average molecular weight is 502 g/mol. The number of hydrogen-bond acceptors (Lipinski definition) is 6. The number of anilines is 2. The molecule has 0 saturated carbocycles. The van der Waals surface area contributed by atoms with E-state index >= 15 is 0 Å². The number of rotatable bonds is 5. The highest BCUT2D eigenvalue weighted by Gasteiger charge is 2.28. The molecule has 1 amide bonds. The number of ether oxygens (including phenoxy) is 1. The maximum Gasteiger partial charge on any atom is 0.262 e. The lowest BCUT2D eigenvalue weighted by atomic mass is 10.2. The van der Waals surface area contributed by atoms with Crippen molar-refractivity contribution in [2.75, 3.05) is 17.3 Å². The molecule has 0 bridgehead atoms. The van der Waals surface area contributed by atoms with Gasteiger partial charge in [0.25, 0.3) is 5.56 Å². The Labute approximate surface area is 211 Å². The molecule has 3 heterocycles. The minimum absolute atomic E-state index is 0.0106. The molecule has 35 heavy (non-hydrogen) atoms. The molecule has 0 aliphatic carbocycles. The first-order valence-electron chi connectivity index (χ1n) is 11.6. The van der Waals surface area contributed by atoms with Crippen molar-refractivity contribution >= 4 is 51.7 Å². The molecule has 0 spiro atoms. The summed E-state index contributed by atoms with van der Waals surface area (Å²) in [5, 5.41) is 1.13. The molecular formula is C27H23N3O3S2. The van der Waals surface area contributed by atoms with Gasteiger partial charge in [0.05, 0.1) is 40.7 Å². The summed E-state index contributed by atoms with van der Waals surface area (Å²) < 4.78 is 7.49. The maximum atomic E-state index is 13.7. The third-order valence-corrected chi connectivity index (χ3v) is 8.33. The third kappa shape index (κ3) is 4.26. The summed E-state index contributed by atoms with van der Waals surface area (Å²) in [6.45, 7) is 1.16. The molecule has 8 heteroatoms. The molecule has 2 aliphatic rings. The van der Waals surface area contributed by atoms with Crippen LogP contribution in [0.25, 0.3) is 10.9 Å². The van der Waals surface area contributed by atoms with Gasteiger partial charge in [-0.1, -0.05) is 59.9 Å². The van der Waals surface area contributed by atoms with Gasteiger partial charge >= 0.3 is 0 Å². The van der Waals surface area contributed by atoms with E-state index in [2.05, 4.69) is 0 Å². The SMILES string of the molecule is O=C(CSc1nc2ccccc2c(=O)n1CC1CCCO1)N1c2ccccc2Sc2ccccc21. The van der Waals surface area contributed by atoms with Crippen molar-refractivity contribution in [3.63, 3.8) is 0 Å². The molecule has 1 saturated heterocycles. The highest BCUT2D eigenvalue weighted by Crippen LogP contribution is 2.48. The molecule has 6 rings (SSSR count). The zero-order valence-corrected chi connectivity index (χ0v) is 20.6. The summed E-state index contributed by atoms with van der Waals surface area (Å²) in [5.74, 6) is 0.102. The highest BCUT2D eigenvalue weighted by molar-refractivity contribution is 8.00. The van der Waals surface area contributed by atoms with Gasteiger partial charge in [-0.15, -0.1) is 0 Å².